The SMILES string of the molecule is CC(C)(C)c1csc(N2C(=O)c3ccccc3C2=O)n1. The van der Waals surface area contributed by atoms with Crippen molar-refractivity contribution in [2.45, 2.75) is 26.2 Å². The van der Waals surface area contributed by atoms with Crippen LogP contribution in [0.5, 0.6) is 0 Å². The molecule has 0 bridgehead atoms. The third-order valence-electron chi connectivity index (χ3n) is 3.25. The fourth-order valence-corrected chi connectivity index (χ4v) is 3.12. The summed E-state index contributed by atoms with van der Waals surface area (Å²) in [5.74, 6) is -0.583. The van der Waals surface area contributed by atoms with Crippen molar-refractivity contribution >= 4 is 28.3 Å². The Morgan fingerprint density at radius 2 is 1.60 bits per heavy atom. The predicted octanol–water partition coefficient (Wildman–Crippen LogP) is 3.24. The number of imide groups is 1. The van der Waals surface area contributed by atoms with E-state index in [0.29, 0.717) is 16.3 Å². The maximum atomic E-state index is 12.3. The van der Waals surface area contributed by atoms with Gasteiger partial charge in [0.15, 0.2) is 5.13 Å². The summed E-state index contributed by atoms with van der Waals surface area (Å²) in [6, 6.07) is 6.87. The highest BCUT2D eigenvalue weighted by Gasteiger charge is 2.38. The minimum absolute atomic E-state index is 0.104. The number of rotatable bonds is 1. The number of thiazole rings is 1. The van der Waals surface area contributed by atoms with E-state index >= 15 is 0 Å². The Labute approximate surface area is 121 Å². The molecule has 2 heterocycles. The van der Waals surface area contributed by atoms with Gasteiger partial charge in [0, 0.05) is 10.8 Å². The number of benzene rings is 1. The molecule has 0 radical (unpaired) electrons. The van der Waals surface area contributed by atoms with Crippen LogP contribution in [0, 0.1) is 0 Å². The third kappa shape index (κ3) is 1.86. The van der Waals surface area contributed by atoms with E-state index in [1.165, 1.54) is 16.2 Å². The summed E-state index contributed by atoms with van der Waals surface area (Å²) in [6.07, 6.45) is 0. The zero-order chi connectivity index (χ0) is 14.5. The minimum atomic E-state index is -0.291. The Kier molecular flexibility index (Phi) is 2.76. The van der Waals surface area contributed by atoms with Crippen molar-refractivity contribution in [2.24, 2.45) is 0 Å². The number of carbonyl (C=O) groups is 2. The monoisotopic (exact) mass is 286 g/mol. The molecule has 1 aromatic heterocycles. The normalized spacial score (nSPS) is 14.8. The molecule has 20 heavy (non-hydrogen) atoms. The topological polar surface area (TPSA) is 50.3 Å². The molecule has 3 rings (SSSR count). The van der Waals surface area contributed by atoms with Crippen LogP contribution >= 0.6 is 11.3 Å². The third-order valence-corrected chi connectivity index (χ3v) is 4.07. The molecule has 2 amide bonds. The van der Waals surface area contributed by atoms with Crippen LogP contribution in [0.4, 0.5) is 5.13 Å². The number of hydrogen-bond acceptors (Lipinski definition) is 4. The molecule has 0 N–H and O–H groups in total. The molecule has 102 valence electrons. The second-order valence-corrected chi connectivity index (χ2v) is 6.59. The van der Waals surface area contributed by atoms with Crippen LogP contribution in [0.1, 0.15) is 47.2 Å². The Morgan fingerprint density at radius 3 is 2.05 bits per heavy atom. The number of hydrogen-bond donors (Lipinski definition) is 0. The summed E-state index contributed by atoms with van der Waals surface area (Å²) in [7, 11) is 0. The van der Waals surface area contributed by atoms with Crippen LogP contribution in [0.3, 0.4) is 0 Å². The van der Waals surface area contributed by atoms with Gasteiger partial charge in [0.25, 0.3) is 11.8 Å². The first-order chi connectivity index (χ1) is 9.39. The fraction of sp³-hybridized carbons (Fsp3) is 0.267. The minimum Gasteiger partial charge on any atom is -0.268 e. The molecular formula is C15H14N2O2S. The average Bonchev–Trinajstić information content (AvgIpc) is 2.95. The molecular weight excluding hydrogens is 272 g/mol. The van der Waals surface area contributed by atoms with Crippen LogP contribution in [0.2, 0.25) is 0 Å². The Bertz CT molecular complexity index is 678. The highest BCUT2D eigenvalue weighted by atomic mass is 32.1. The summed E-state index contributed by atoms with van der Waals surface area (Å²) in [4.78, 5) is 30.3. The van der Waals surface area contributed by atoms with E-state index in [9.17, 15) is 9.59 Å². The first-order valence-corrected chi connectivity index (χ1v) is 7.21. The van der Waals surface area contributed by atoms with Gasteiger partial charge in [0.1, 0.15) is 0 Å². The Balaban J connectivity index is 2.03. The molecule has 0 saturated carbocycles. The second kappa shape index (κ2) is 4.24. The molecule has 1 aliphatic heterocycles. The van der Waals surface area contributed by atoms with E-state index < -0.39 is 0 Å². The summed E-state index contributed by atoms with van der Waals surface area (Å²) in [6.45, 7) is 6.15. The highest BCUT2D eigenvalue weighted by molar-refractivity contribution is 7.14. The van der Waals surface area contributed by atoms with Crippen molar-refractivity contribution in [3.8, 4) is 0 Å². The van der Waals surface area contributed by atoms with Gasteiger partial charge in [-0.2, -0.15) is 0 Å². The molecule has 4 nitrogen and oxygen atoms in total. The van der Waals surface area contributed by atoms with Gasteiger partial charge in [-0.1, -0.05) is 32.9 Å². The molecule has 0 spiro atoms. The fourth-order valence-electron chi connectivity index (χ4n) is 2.07. The van der Waals surface area contributed by atoms with Crippen molar-refractivity contribution in [3.63, 3.8) is 0 Å². The molecule has 0 aliphatic carbocycles. The number of amides is 2. The van der Waals surface area contributed by atoms with Gasteiger partial charge in [-0.05, 0) is 12.1 Å². The molecule has 0 atom stereocenters. The quantitative estimate of drug-likeness (QED) is 0.756. The molecule has 2 aromatic rings. The first kappa shape index (κ1) is 13.0. The number of nitrogens with zero attached hydrogens (tertiary/aromatic N) is 2. The van der Waals surface area contributed by atoms with E-state index in [1.54, 1.807) is 24.3 Å². The molecule has 0 saturated heterocycles. The largest absolute Gasteiger partial charge is 0.268 e. The van der Waals surface area contributed by atoms with E-state index in [-0.39, 0.29) is 17.2 Å². The summed E-state index contributed by atoms with van der Waals surface area (Å²) >= 11 is 1.32. The van der Waals surface area contributed by atoms with Gasteiger partial charge >= 0.3 is 0 Å². The molecule has 1 aromatic carbocycles. The predicted molar refractivity (Wildman–Crippen MR) is 78.4 cm³/mol. The zero-order valence-corrected chi connectivity index (χ0v) is 12.3. The van der Waals surface area contributed by atoms with Gasteiger partial charge in [-0.3, -0.25) is 9.59 Å². The zero-order valence-electron chi connectivity index (χ0n) is 11.5. The van der Waals surface area contributed by atoms with Crippen LogP contribution in [0.15, 0.2) is 29.6 Å². The van der Waals surface area contributed by atoms with Gasteiger partial charge in [-0.25, -0.2) is 9.88 Å². The van der Waals surface area contributed by atoms with Gasteiger partial charge < -0.3 is 0 Å². The number of carbonyl (C=O) groups excluding carboxylic acids is 2. The Hall–Kier alpha value is -2.01. The Morgan fingerprint density at radius 1 is 1.05 bits per heavy atom. The highest BCUT2D eigenvalue weighted by Crippen LogP contribution is 2.33. The second-order valence-electron chi connectivity index (χ2n) is 5.76. The van der Waals surface area contributed by atoms with Crippen molar-refractivity contribution in [1.82, 2.24) is 4.98 Å². The van der Waals surface area contributed by atoms with Crippen LogP contribution < -0.4 is 4.90 Å². The van der Waals surface area contributed by atoms with E-state index in [2.05, 4.69) is 4.98 Å². The van der Waals surface area contributed by atoms with Gasteiger partial charge in [0.2, 0.25) is 0 Å². The van der Waals surface area contributed by atoms with Crippen molar-refractivity contribution in [3.05, 3.63) is 46.5 Å². The molecule has 0 fully saturated rings. The van der Waals surface area contributed by atoms with E-state index in [0.717, 1.165) is 5.69 Å². The number of fused-ring (bicyclic) bond motifs is 1. The van der Waals surface area contributed by atoms with Crippen LogP contribution in [-0.4, -0.2) is 16.8 Å². The smallest absolute Gasteiger partial charge is 0.268 e. The van der Waals surface area contributed by atoms with Crippen molar-refractivity contribution in [1.29, 1.82) is 0 Å². The lowest BCUT2D eigenvalue weighted by Crippen LogP contribution is -2.29. The average molecular weight is 286 g/mol. The maximum Gasteiger partial charge on any atom is 0.268 e. The van der Waals surface area contributed by atoms with Crippen LogP contribution in [0.25, 0.3) is 0 Å². The van der Waals surface area contributed by atoms with Crippen LogP contribution in [-0.2, 0) is 5.41 Å². The molecule has 5 heteroatoms. The summed E-state index contributed by atoms with van der Waals surface area (Å²) < 4.78 is 0. The maximum absolute atomic E-state index is 12.3. The number of anilines is 1. The lowest BCUT2D eigenvalue weighted by Gasteiger charge is -2.15. The molecule has 1 aliphatic rings. The number of aromatic nitrogens is 1. The summed E-state index contributed by atoms with van der Waals surface area (Å²) in [5.41, 5.74) is 1.68. The summed E-state index contributed by atoms with van der Waals surface area (Å²) in [5, 5.41) is 2.35. The lowest BCUT2D eigenvalue weighted by atomic mass is 9.93. The van der Waals surface area contributed by atoms with Crippen molar-refractivity contribution < 1.29 is 9.59 Å². The van der Waals surface area contributed by atoms with Gasteiger partial charge in [-0.15, -0.1) is 11.3 Å². The van der Waals surface area contributed by atoms with Crippen molar-refractivity contribution in [2.75, 3.05) is 4.90 Å². The van der Waals surface area contributed by atoms with E-state index in [1.807, 2.05) is 26.2 Å². The van der Waals surface area contributed by atoms with E-state index in [4.69, 9.17) is 0 Å². The lowest BCUT2D eigenvalue weighted by molar-refractivity contribution is 0.0926. The van der Waals surface area contributed by atoms with Gasteiger partial charge in [0.05, 0.1) is 16.8 Å². The first-order valence-electron chi connectivity index (χ1n) is 6.33. The molecule has 0 unspecified atom stereocenters. The standard InChI is InChI=1S/C15H14N2O2S/c1-15(2,3)11-8-20-14(16-11)17-12(18)9-6-4-5-7-10(9)13(17)19/h4-8H,1-3H3.